The van der Waals surface area contributed by atoms with Crippen molar-refractivity contribution < 1.29 is 13.5 Å². The van der Waals surface area contributed by atoms with E-state index in [0.717, 1.165) is 22.4 Å². The van der Waals surface area contributed by atoms with Gasteiger partial charge in [-0.2, -0.15) is 4.98 Å². The summed E-state index contributed by atoms with van der Waals surface area (Å²) >= 11 is 1.43. The number of hydrogen-bond acceptors (Lipinski definition) is 5. The third-order valence-corrected chi connectivity index (χ3v) is 6.45. The molecule has 164 valence electrons. The van der Waals surface area contributed by atoms with E-state index in [4.69, 9.17) is 4.74 Å². The molecule has 0 spiro atoms. The first kappa shape index (κ1) is 20.0. The molecular formula is C25H18F2N4OS. The molecule has 2 aliphatic rings. The maximum absolute atomic E-state index is 15.0. The summed E-state index contributed by atoms with van der Waals surface area (Å²) in [6.07, 6.45) is 1.19. The van der Waals surface area contributed by atoms with Gasteiger partial charge in [0.25, 0.3) is 0 Å². The van der Waals surface area contributed by atoms with Crippen LogP contribution in [0.4, 0.5) is 14.7 Å². The second-order valence-electron chi connectivity index (χ2n) is 7.79. The van der Waals surface area contributed by atoms with Crippen LogP contribution in [0.2, 0.25) is 0 Å². The Balaban J connectivity index is 1.65. The fourth-order valence-electron chi connectivity index (χ4n) is 4.46. The van der Waals surface area contributed by atoms with Crippen LogP contribution < -0.4 is 10.1 Å². The lowest BCUT2D eigenvalue weighted by atomic mass is 9.84. The lowest BCUT2D eigenvalue weighted by molar-refractivity contribution is 0.218. The number of rotatable bonds is 3. The highest BCUT2D eigenvalue weighted by Crippen LogP contribution is 2.51. The van der Waals surface area contributed by atoms with Crippen molar-refractivity contribution in [1.82, 2.24) is 14.8 Å². The number of thioether (sulfide) groups is 1. The van der Waals surface area contributed by atoms with Gasteiger partial charge < -0.3 is 10.1 Å². The number of hydrogen-bond donors (Lipinski definition) is 1. The Bertz CT molecular complexity index is 1400. The lowest BCUT2D eigenvalue weighted by Gasteiger charge is -2.38. The predicted molar refractivity (Wildman–Crippen MR) is 123 cm³/mol. The summed E-state index contributed by atoms with van der Waals surface area (Å²) in [5.74, 6) is 0.520. The van der Waals surface area contributed by atoms with E-state index >= 15 is 4.39 Å². The highest BCUT2D eigenvalue weighted by Gasteiger charge is 2.42. The Hall–Kier alpha value is -3.65. The lowest BCUT2D eigenvalue weighted by Crippen LogP contribution is -2.32. The number of anilines is 1. The summed E-state index contributed by atoms with van der Waals surface area (Å²) < 4.78 is 37.0. The Labute approximate surface area is 193 Å². The maximum atomic E-state index is 15.0. The number of benzene rings is 3. The third-order valence-electron chi connectivity index (χ3n) is 5.92. The zero-order valence-corrected chi connectivity index (χ0v) is 18.3. The van der Waals surface area contributed by atoms with Crippen molar-refractivity contribution in [3.05, 3.63) is 107 Å². The maximum Gasteiger partial charge on any atom is 0.227 e. The van der Waals surface area contributed by atoms with Crippen molar-refractivity contribution in [3.8, 4) is 5.75 Å². The molecule has 1 aromatic heterocycles. The standard InChI is InChI=1S/C25H18F2N4OS/c1-33-25-29-24-28-21-17-7-3-5-9-19(17)32-23(16-6-2-4-8-18(16)27)20(21)22(31(24)30-25)14-10-12-15(26)13-11-14/h2-13,22-23H,1H3,(H,28,29,30)/t22-,23-/m0/s1. The highest BCUT2D eigenvalue weighted by molar-refractivity contribution is 7.98. The molecule has 3 aromatic carbocycles. The van der Waals surface area contributed by atoms with Gasteiger partial charge in [0, 0.05) is 16.7 Å². The predicted octanol–water partition coefficient (Wildman–Crippen LogP) is 5.84. The topological polar surface area (TPSA) is 52.0 Å². The van der Waals surface area contributed by atoms with Crippen molar-refractivity contribution in [3.63, 3.8) is 0 Å². The number of para-hydroxylation sites is 1. The Kier molecular flexibility index (Phi) is 4.69. The van der Waals surface area contributed by atoms with E-state index in [1.165, 1.54) is 30.0 Å². The molecule has 0 fully saturated rings. The van der Waals surface area contributed by atoms with Crippen LogP contribution in [0.5, 0.6) is 5.75 Å². The molecule has 6 rings (SSSR count). The normalized spacial score (nSPS) is 18.6. The van der Waals surface area contributed by atoms with Gasteiger partial charge in [-0.25, -0.2) is 13.5 Å². The number of nitrogens with one attached hydrogen (secondary N) is 1. The van der Waals surface area contributed by atoms with Gasteiger partial charge in [-0.15, -0.1) is 5.10 Å². The molecule has 0 bridgehead atoms. The van der Waals surface area contributed by atoms with Gasteiger partial charge in [0.2, 0.25) is 11.1 Å². The number of ether oxygens (including phenoxy) is 1. The van der Waals surface area contributed by atoms with Gasteiger partial charge in [0.05, 0.1) is 5.70 Å². The third kappa shape index (κ3) is 3.21. The van der Waals surface area contributed by atoms with Crippen LogP contribution >= 0.6 is 11.8 Å². The van der Waals surface area contributed by atoms with Crippen molar-refractivity contribution in [2.45, 2.75) is 17.3 Å². The van der Waals surface area contributed by atoms with Crippen molar-refractivity contribution in [2.24, 2.45) is 0 Å². The van der Waals surface area contributed by atoms with Crippen LogP contribution in [0.3, 0.4) is 0 Å². The van der Waals surface area contributed by atoms with E-state index < -0.39 is 12.1 Å². The molecule has 0 saturated carbocycles. The van der Waals surface area contributed by atoms with E-state index in [9.17, 15) is 4.39 Å². The average Bonchev–Trinajstić information content (AvgIpc) is 3.26. The highest BCUT2D eigenvalue weighted by atomic mass is 32.2. The quantitative estimate of drug-likeness (QED) is 0.390. The van der Waals surface area contributed by atoms with Crippen molar-refractivity contribution in [1.29, 1.82) is 0 Å². The second-order valence-corrected chi connectivity index (χ2v) is 8.57. The molecule has 2 aliphatic heterocycles. The first-order valence-electron chi connectivity index (χ1n) is 10.4. The molecule has 0 unspecified atom stereocenters. The molecule has 4 aromatic rings. The average molecular weight is 461 g/mol. The molecular weight excluding hydrogens is 442 g/mol. The first-order chi connectivity index (χ1) is 16.1. The van der Waals surface area contributed by atoms with Crippen LogP contribution in [0.1, 0.15) is 28.8 Å². The number of fused-ring (bicyclic) bond motifs is 3. The van der Waals surface area contributed by atoms with Crippen molar-refractivity contribution >= 4 is 23.4 Å². The van der Waals surface area contributed by atoms with E-state index in [0.29, 0.717) is 22.4 Å². The van der Waals surface area contributed by atoms with E-state index in [1.807, 2.05) is 30.5 Å². The zero-order chi connectivity index (χ0) is 22.5. The van der Waals surface area contributed by atoms with E-state index in [2.05, 4.69) is 15.4 Å². The minimum atomic E-state index is -0.714. The molecule has 8 heteroatoms. The largest absolute Gasteiger partial charge is 0.480 e. The molecule has 1 N–H and O–H groups in total. The van der Waals surface area contributed by atoms with Crippen LogP contribution in [0.25, 0.3) is 5.70 Å². The molecule has 5 nitrogen and oxygen atoms in total. The second kappa shape index (κ2) is 7.74. The zero-order valence-electron chi connectivity index (χ0n) is 17.5. The molecule has 2 atom stereocenters. The Morgan fingerprint density at radius 2 is 1.73 bits per heavy atom. The van der Waals surface area contributed by atoms with Gasteiger partial charge in [0.1, 0.15) is 23.4 Å². The fraction of sp³-hybridized carbons (Fsp3) is 0.120. The summed E-state index contributed by atoms with van der Waals surface area (Å²) in [4.78, 5) is 4.62. The molecule has 0 radical (unpaired) electrons. The molecule has 0 aliphatic carbocycles. The monoisotopic (exact) mass is 460 g/mol. The minimum absolute atomic E-state index is 0.332. The van der Waals surface area contributed by atoms with Gasteiger partial charge in [0.15, 0.2) is 6.10 Å². The molecule has 33 heavy (non-hydrogen) atoms. The van der Waals surface area contributed by atoms with Crippen LogP contribution in [0.15, 0.2) is 83.5 Å². The Morgan fingerprint density at radius 3 is 2.52 bits per heavy atom. The van der Waals surface area contributed by atoms with E-state index in [1.54, 1.807) is 35.0 Å². The number of halogens is 2. The van der Waals surface area contributed by atoms with Crippen LogP contribution in [-0.2, 0) is 0 Å². The van der Waals surface area contributed by atoms with Crippen LogP contribution in [0, 0.1) is 11.6 Å². The van der Waals surface area contributed by atoms with Gasteiger partial charge >= 0.3 is 0 Å². The first-order valence-corrected chi connectivity index (χ1v) is 11.6. The summed E-state index contributed by atoms with van der Waals surface area (Å²) in [5, 5.41) is 8.69. The molecule has 0 saturated heterocycles. The smallest absolute Gasteiger partial charge is 0.227 e. The summed E-state index contributed by atoms with van der Waals surface area (Å²) in [6, 6.07) is 20.0. The summed E-state index contributed by atoms with van der Waals surface area (Å²) in [6.45, 7) is 0. The summed E-state index contributed by atoms with van der Waals surface area (Å²) in [7, 11) is 0. The molecule has 3 heterocycles. The van der Waals surface area contributed by atoms with Gasteiger partial charge in [-0.1, -0.05) is 54.2 Å². The summed E-state index contributed by atoms with van der Waals surface area (Å²) in [5.41, 5.74) is 3.66. The fourth-order valence-corrected chi connectivity index (χ4v) is 4.80. The Morgan fingerprint density at radius 1 is 0.970 bits per heavy atom. The SMILES string of the molecule is CSc1nc2n(n1)[C@@H](c1ccc(F)cc1)C1=C(N2)c2ccccc2O[C@H]1c1ccccc1F. The van der Waals surface area contributed by atoms with Crippen molar-refractivity contribution in [2.75, 3.05) is 11.6 Å². The van der Waals surface area contributed by atoms with Crippen LogP contribution in [-0.4, -0.2) is 21.0 Å². The minimum Gasteiger partial charge on any atom is -0.480 e. The van der Waals surface area contributed by atoms with E-state index in [-0.39, 0.29) is 11.6 Å². The number of nitrogens with zero attached hydrogens (tertiary/aromatic N) is 3. The van der Waals surface area contributed by atoms with Gasteiger partial charge in [-0.05, 0) is 42.2 Å². The molecule has 0 amide bonds. The number of aromatic nitrogens is 3. The van der Waals surface area contributed by atoms with Gasteiger partial charge in [-0.3, -0.25) is 0 Å².